The second-order valence-electron chi connectivity index (χ2n) is 2.40. The average molecular weight is 178 g/mol. The molecular weight excluding hydrogens is 168 g/mol. The molecule has 2 rings (SSSR count). The summed E-state index contributed by atoms with van der Waals surface area (Å²) >= 11 is 0. The van der Waals surface area contributed by atoms with Crippen LogP contribution >= 0.6 is 0 Å². The number of pyridine rings is 1. The summed E-state index contributed by atoms with van der Waals surface area (Å²) < 4.78 is 0. The fourth-order valence-electron chi connectivity index (χ4n) is 1.00. The molecule has 2 aliphatic rings. The van der Waals surface area contributed by atoms with Crippen molar-refractivity contribution in [3.63, 3.8) is 0 Å². The van der Waals surface area contributed by atoms with Gasteiger partial charge in [-0.05, 0) is 17.7 Å². The Morgan fingerprint density at radius 1 is 1.31 bits per heavy atom. The van der Waals surface area contributed by atoms with Crippen LogP contribution in [-0.2, 0) is 0 Å². The summed E-state index contributed by atoms with van der Waals surface area (Å²) in [5.41, 5.74) is 6.51. The van der Waals surface area contributed by atoms with E-state index >= 15 is 0 Å². The molecule has 68 valence electrons. The molecule has 0 fully saturated rings. The van der Waals surface area contributed by atoms with Gasteiger partial charge in [-0.15, -0.1) is 0 Å². The number of aromatic amines is 1. The van der Waals surface area contributed by atoms with Crippen LogP contribution in [0.1, 0.15) is 0 Å². The van der Waals surface area contributed by atoms with Crippen molar-refractivity contribution in [1.82, 2.24) is 4.98 Å². The maximum Gasteiger partial charge on any atom is 0.402 e. The first-order chi connectivity index (χ1) is 6.20. The Labute approximate surface area is 75.3 Å². The van der Waals surface area contributed by atoms with Crippen molar-refractivity contribution < 1.29 is 9.90 Å². The third kappa shape index (κ3) is 2.86. The van der Waals surface area contributed by atoms with Gasteiger partial charge in [0.1, 0.15) is 0 Å². The molecule has 13 heavy (non-hydrogen) atoms. The number of carbonyl (C=O) groups is 1. The minimum atomic E-state index is -1.33. The summed E-state index contributed by atoms with van der Waals surface area (Å²) in [4.78, 5) is 11.9. The van der Waals surface area contributed by atoms with Gasteiger partial charge in [-0.2, -0.15) is 0 Å². The monoisotopic (exact) mass is 178 g/mol. The van der Waals surface area contributed by atoms with Gasteiger partial charge < -0.3 is 15.8 Å². The lowest BCUT2D eigenvalue weighted by molar-refractivity contribution is 0.205. The molecule has 0 aromatic heterocycles. The third-order valence-corrected chi connectivity index (χ3v) is 1.46. The third-order valence-electron chi connectivity index (χ3n) is 1.46. The molecule has 0 saturated heterocycles. The summed E-state index contributed by atoms with van der Waals surface area (Å²) in [7, 11) is 0. The molecular formula is C9H10N2O2. The van der Waals surface area contributed by atoms with Crippen LogP contribution in [0.3, 0.4) is 0 Å². The first kappa shape index (κ1) is 9.12. The summed E-state index contributed by atoms with van der Waals surface area (Å²) in [5.74, 6) is 0. The summed E-state index contributed by atoms with van der Waals surface area (Å²) in [6, 6.07) is 10.3. The average Bonchev–Trinajstić information content (AvgIpc) is 2.49. The van der Waals surface area contributed by atoms with Crippen molar-refractivity contribution in [2.45, 2.75) is 0 Å². The van der Waals surface area contributed by atoms with Gasteiger partial charge in [0.2, 0.25) is 0 Å². The Morgan fingerprint density at radius 3 is 2.54 bits per heavy atom. The van der Waals surface area contributed by atoms with Gasteiger partial charge in [0.05, 0.1) is 0 Å². The van der Waals surface area contributed by atoms with Gasteiger partial charge >= 0.3 is 6.09 Å². The van der Waals surface area contributed by atoms with Crippen LogP contribution in [0.5, 0.6) is 0 Å². The number of primary amides is 1. The Balaban J connectivity index is 0.000000184. The van der Waals surface area contributed by atoms with Crippen molar-refractivity contribution >= 4 is 6.09 Å². The van der Waals surface area contributed by atoms with Crippen LogP contribution in [0.2, 0.25) is 0 Å². The topological polar surface area (TPSA) is 79.1 Å². The Hall–Kier alpha value is -1.97. The molecule has 0 saturated carbocycles. The number of hydrogen-bond donors (Lipinski definition) is 3. The molecule has 4 N–H and O–H groups in total. The standard InChI is InChI=1S/C8H7N.CH3NO2/c1-3-7-4-2-6-9-8(7)5-1;2-1(3)4/h1-6,9H;2H2,(H,3,4). The molecule has 0 spiro atoms. The predicted molar refractivity (Wildman–Crippen MR) is 49.6 cm³/mol. The number of nitrogens with two attached hydrogens (primary N) is 1. The predicted octanol–water partition coefficient (Wildman–Crippen LogP) is 1.74. The fourth-order valence-corrected chi connectivity index (χ4v) is 1.00. The molecule has 1 aliphatic carbocycles. The highest BCUT2D eigenvalue weighted by Gasteiger charge is 1.95. The zero-order valence-electron chi connectivity index (χ0n) is 6.90. The van der Waals surface area contributed by atoms with Crippen LogP contribution in [-0.4, -0.2) is 16.2 Å². The number of carboxylic acid groups (broad SMARTS) is 1. The normalized spacial score (nSPS) is 8.92. The van der Waals surface area contributed by atoms with E-state index in [9.17, 15) is 0 Å². The first-order valence-corrected chi connectivity index (χ1v) is 3.70. The van der Waals surface area contributed by atoms with E-state index in [-0.39, 0.29) is 0 Å². The van der Waals surface area contributed by atoms with Crippen molar-refractivity contribution in [3.8, 4) is 11.3 Å². The molecule has 0 unspecified atom stereocenters. The lowest BCUT2D eigenvalue weighted by Gasteiger charge is -1.93. The molecule has 1 heterocycles. The van der Waals surface area contributed by atoms with Crippen molar-refractivity contribution in [1.29, 1.82) is 0 Å². The summed E-state index contributed by atoms with van der Waals surface area (Å²) in [5, 5.41) is 7.19. The molecule has 0 radical (unpaired) electrons. The van der Waals surface area contributed by atoms with Gasteiger partial charge in [-0.1, -0.05) is 18.2 Å². The number of H-pyrrole nitrogens is 1. The van der Waals surface area contributed by atoms with Gasteiger partial charge in [0.15, 0.2) is 0 Å². The fraction of sp³-hybridized carbons (Fsp3) is 0. The smallest absolute Gasteiger partial charge is 0.402 e. The van der Waals surface area contributed by atoms with E-state index in [2.05, 4.69) is 28.9 Å². The van der Waals surface area contributed by atoms with Gasteiger partial charge in [-0.25, -0.2) is 4.79 Å². The highest BCUT2D eigenvalue weighted by molar-refractivity contribution is 5.61. The molecule has 1 aliphatic heterocycles. The van der Waals surface area contributed by atoms with Crippen molar-refractivity contribution in [2.24, 2.45) is 5.73 Å². The van der Waals surface area contributed by atoms with Gasteiger partial charge in [0.25, 0.3) is 0 Å². The largest absolute Gasteiger partial charge is 0.465 e. The minimum absolute atomic E-state index is 1.21. The van der Waals surface area contributed by atoms with E-state index in [1.165, 1.54) is 11.3 Å². The lowest BCUT2D eigenvalue weighted by Crippen LogP contribution is -2.03. The van der Waals surface area contributed by atoms with Crippen molar-refractivity contribution in [3.05, 3.63) is 36.5 Å². The van der Waals surface area contributed by atoms with Crippen LogP contribution < -0.4 is 5.73 Å². The minimum Gasteiger partial charge on any atom is -0.465 e. The Bertz CT molecular complexity index is 325. The van der Waals surface area contributed by atoms with Crippen LogP contribution in [0.4, 0.5) is 4.79 Å². The Kier molecular flexibility index (Phi) is 2.92. The van der Waals surface area contributed by atoms with E-state index in [1.807, 2.05) is 18.3 Å². The van der Waals surface area contributed by atoms with E-state index in [4.69, 9.17) is 9.90 Å². The quantitative estimate of drug-likeness (QED) is 0.574. The van der Waals surface area contributed by atoms with E-state index in [0.717, 1.165) is 0 Å². The zero-order valence-corrected chi connectivity index (χ0v) is 6.90. The highest BCUT2D eigenvalue weighted by atomic mass is 16.4. The number of nitrogens with one attached hydrogen (secondary N) is 1. The molecule has 4 heteroatoms. The molecule has 4 nitrogen and oxygen atoms in total. The summed E-state index contributed by atoms with van der Waals surface area (Å²) in [6.07, 6.45) is 0.600. The van der Waals surface area contributed by atoms with E-state index < -0.39 is 6.09 Å². The number of hydrogen-bond acceptors (Lipinski definition) is 1. The van der Waals surface area contributed by atoms with Crippen LogP contribution in [0.25, 0.3) is 11.3 Å². The number of fused-ring (bicyclic) bond motifs is 1. The number of aromatic nitrogens is 1. The van der Waals surface area contributed by atoms with Gasteiger partial charge in [0, 0.05) is 11.9 Å². The highest BCUT2D eigenvalue weighted by Crippen LogP contribution is 2.17. The number of rotatable bonds is 0. The second kappa shape index (κ2) is 4.15. The lowest BCUT2D eigenvalue weighted by atomic mass is 10.2. The van der Waals surface area contributed by atoms with Crippen LogP contribution in [0.15, 0.2) is 36.5 Å². The number of amides is 1. The molecule has 0 atom stereocenters. The first-order valence-electron chi connectivity index (χ1n) is 3.70. The summed E-state index contributed by atoms with van der Waals surface area (Å²) in [6.45, 7) is 0. The molecule has 1 amide bonds. The maximum atomic E-state index is 8.78. The van der Waals surface area contributed by atoms with E-state index in [0.29, 0.717) is 0 Å². The SMILES string of the molecule is NC(=O)O.c1c[nH]c2cccc-2c1. The van der Waals surface area contributed by atoms with Crippen LogP contribution in [0, 0.1) is 0 Å². The zero-order chi connectivity index (χ0) is 9.68. The van der Waals surface area contributed by atoms with Crippen molar-refractivity contribution in [2.75, 3.05) is 0 Å². The Morgan fingerprint density at radius 2 is 1.92 bits per heavy atom. The van der Waals surface area contributed by atoms with E-state index in [1.54, 1.807) is 0 Å². The second-order valence-corrected chi connectivity index (χ2v) is 2.40. The molecule has 0 aromatic rings. The maximum absolute atomic E-state index is 8.78. The molecule has 0 bridgehead atoms. The molecule has 0 aromatic carbocycles. The van der Waals surface area contributed by atoms with Gasteiger partial charge in [-0.3, -0.25) is 0 Å².